The fourth-order valence-electron chi connectivity index (χ4n) is 1.31. The van der Waals surface area contributed by atoms with Gasteiger partial charge in [0.15, 0.2) is 0 Å². The summed E-state index contributed by atoms with van der Waals surface area (Å²) < 4.78 is 5.33. The maximum atomic E-state index is 5.89. The first-order valence-electron chi connectivity index (χ1n) is 3.51. The molecule has 1 aliphatic heterocycles. The molecule has 0 saturated carbocycles. The van der Waals surface area contributed by atoms with Crippen LogP contribution in [0.25, 0.3) is 0 Å². The third-order valence-corrected chi connectivity index (χ3v) is 1.83. The molecular formula is C7H15NO. The van der Waals surface area contributed by atoms with E-state index in [-0.39, 0.29) is 5.54 Å². The second-order valence-corrected chi connectivity index (χ2v) is 3.29. The largest absolute Gasteiger partial charge is 0.378 e. The lowest BCUT2D eigenvalue weighted by atomic mass is 9.91. The number of hydrogen-bond acceptors (Lipinski definition) is 2. The Balaban J connectivity index is 2.41. The molecule has 0 aliphatic carbocycles. The fraction of sp³-hybridized carbons (Fsp3) is 1.00. The van der Waals surface area contributed by atoms with Gasteiger partial charge in [-0.05, 0) is 26.7 Å². The molecule has 2 heteroatoms. The van der Waals surface area contributed by atoms with E-state index in [0.29, 0.717) is 6.10 Å². The lowest BCUT2D eigenvalue weighted by molar-refractivity contribution is -0.00263. The molecule has 0 amide bonds. The van der Waals surface area contributed by atoms with E-state index in [2.05, 4.69) is 13.8 Å². The van der Waals surface area contributed by atoms with Crippen LogP contribution in [0.3, 0.4) is 0 Å². The maximum Gasteiger partial charge on any atom is 0.0564 e. The minimum absolute atomic E-state index is 0.0255. The summed E-state index contributed by atoms with van der Waals surface area (Å²) in [5.41, 5.74) is 5.91. The molecule has 0 aromatic heterocycles. The van der Waals surface area contributed by atoms with Crippen LogP contribution in [0.4, 0.5) is 0 Å². The zero-order valence-electron chi connectivity index (χ0n) is 6.18. The van der Waals surface area contributed by atoms with Gasteiger partial charge in [-0.15, -0.1) is 0 Å². The predicted molar refractivity (Wildman–Crippen MR) is 37.2 cm³/mol. The number of nitrogens with two attached hydrogens (primary N) is 1. The van der Waals surface area contributed by atoms with Gasteiger partial charge in [0, 0.05) is 12.1 Å². The van der Waals surface area contributed by atoms with Crippen LogP contribution in [-0.2, 0) is 4.74 Å². The SMILES string of the molecule is C[C@@H]1C[C@](C)(N)CCO1. The molecule has 1 fully saturated rings. The van der Waals surface area contributed by atoms with Crippen molar-refractivity contribution in [2.45, 2.75) is 38.3 Å². The molecule has 1 heterocycles. The van der Waals surface area contributed by atoms with Gasteiger partial charge in [0.1, 0.15) is 0 Å². The third kappa shape index (κ3) is 1.95. The first-order chi connectivity index (χ1) is 4.10. The van der Waals surface area contributed by atoms with E-state index in [1.165, 1.54) is 0 Å². The van der Waals surface area contributed by atoms with E-state index in [1.807, 2.05) is 0 Å². The van der Waals surface area contributed by atoms with Crippen LogP contribution in [0.5, 0.6) is 0 Å². The highest BCUT2D eigenvalue weighted by atomic mass is 16.5. The van der Waals surface area contributed by atoms with Gasteiger partial charge in [0.25, 0.3) is 0 Å². The maximum absolute atomic E-state index is 5.89. The summed E-state index contributed by atoms with van der Waals surface area (Å²) in [6.45, 7) is 4.99. The van der Waals surface area contributed by atoms with E-state index in [4.69, 9.17) is 10.5 Å². The standard InChI is InChI=1S/C7H15NO/c1-6-5-7(2,8)3-4-9-6/h6H,3-5,8H2,1-2H3/t6-,7-/m1/s1. The summed E-state index contributed by atoms with van der Waals surface area (Å²) >= 11 is 0. The Labute approximate surface area is 56.4 Å². The smallest absolute Gasteiger partial charge is 0.0564 e. The minimum Gasteiger partial charge on any atom is -0.378 e. The molecule has 0 aromatic carbocycles. The van der Waals surface area contributed by atoms with E-state index in [9.17, 15) is 0 Å². The quantitative estimate of drug-likeness (QED) is 0.527. The fourth-order valence-corrected chi connectivity index (χ4v) is 1.31. The Morgan fingerprint density at radius 2 is 2.33 bits per heavy atom. The normalized spacial score (nSPS) is 45.0. The second-order valence-electron chi connectivity index (χ2n) is 3.29. The molecule has 0 radical (unpaired) electrons. The molecular weight excluding hydrogens is 114 g/mol. The molecule has 2 N–H and O–H groups in total. The van der Waals surface area contributed by atoms with Crippen LogP contribution in [-0.4, -0.2) is 18.2 Å². The van der Waals surface area contributed by atoms with E-state index < -0.39 is 0 Å². The van der Waals surface area contributed by atoms with Gasteiger partial charge in [-0.1, -0.05) is 0 Å². The molecule has 2 nitrogen and oxygen atoms in total. The second kappa shape index (κ2) is 2.27. The monoisotopic (exact) mass is 129 g/mol. The van der Waals surface area contributed by atoms with Gasteiger partial charge < -0.3 is 10.5 Å². The van der Waals surface area contributed by atoms with Crippen LogP contribution in [0, 0.1) is 0 Å². The van der Waals surface area contributed by atoms with Crippen LogP contribution in [0.2, 0.25) is 0 Å². The van der Waals surface area contributed by atoms with Crippen molar-refractivity contribution < 1.29 is 4.74 Å². The van der Waals surface area contributed by atoms with E-state index >= 15 is 0 Å². The summed E-state index contributed by atoms with van der Waals surface area (Å²) in [7, 11) is 0. The van der Waals surface area contributed by atoms with E-state index in [0.717, 1.165) is 19.4 Å². The third-order valence-electron chi connectivity index (χ3n) is 1.83. The van der Waals surface area contributed by atoms with Crippen molar-refractivity contribution in [3.63, 3.8) is 0 Å². The van der Waals surface area contributed by atoms with Gasteiger partial charge in [-0.3, -0.25) is 0 Å². The molecule has 54 valence electrons. The first kappa shape index (κ1) is 7.03. The Morgan fingerprint density at radius 1 is 1.67 bits per heavy atom. The minimum atomic E-state index is 0.0255. The Hall–Kier alpha value is -0.0800. The molecule has 0 bridgehead atoms. The van der Waals surface area contributed by atoms with Crippen LogP contribution in [0.15, 0.2) is 0 Å². The highest BCUT2D eigenvalue weighted by molar-refractivity contribution is 4.83. The predicted octanol–water partition coefficient (Wildman–Crippen LogP) is 0.903. The molecule has 0 unspecified atom stereocenters. The van der Waals surface area contributed by atoms with Crippen molar-refractivity contribution in [3.05, 3.63) is 0 Å². The zero-order chi connectivity index (χ0) is 6.91. The molecule has 1 rings (SSSR count). The van der Waals surface area contributed by atoms with Crippen LogP contribution < -0.4 is 5.73 Å². The Morgan fingerprint density at radius 3 is 2.67 bits per heavy atom. The molecule has 1 saturated heterocycles. The molecule has 0 aromatic rings. The first-order valence-corrected chi connectivity index (χ1v) is 3.51. The highest BCUT2D eigenvalue weighted by Gasteiger charge is 2.26. The van der Waals surface area contributed by atoms with Crippen molar-refractivity contribution in [2.24, 2.45) is 5.73 Å². The summed E-state index contributed by atoms with van der Waals surface area (Å²) in [4.78, 5) is 0. The molecule has 1 aliphatic rings. The highest BCUT2D eigenvalue weighted by Crippen LogP contribution is 2.20. The summed E-state index contributed by atoms with van der Waals surface area (Å²) in [6, 6.07) is 0. The average Bonchev–Trinajstić information content (AvgIpc) is 1.60. The van der Waals surface area contributed by atoms with Crippen LogP contribution in [0.1, 0.15) is 26.7 Å². The zero-order valence-corrected chi connectivity index (χ0v) is 6.18. The molecule has 0 spiro atoms. The van der Waals surface area contributed by atoms with Crippen LogP contribution >= 0.6 is 0 Å². The topological polar surface area (TPSA) is 35.2 Å². The van der Waals surface area contributed by atoms with Gasteiger partial charge in [0.05, 0.1) is 6.10 Å². The van der Waals surface area contributed by atoms with Crippen molar-refractivity contribution in [1.82, 2.24) is 0 Å². The Kier molecular flexibility index (Phi) is 1.78. The van der Waals surface area contributed by atoms with Crippen molar-refractivity contribution in [1.29, 1.82) is 0 Å². The van der Waals surface area contributed by atoms with Gasteiger partial charge in [0.2, 0.25) is 0 Å². The number of ether oxygens (including phenoxy) is 1. The number of rotatable bonds is 0. The average molecular weight is 129 g/mol. The van der Waals surface area contributed by atoms with Crippen molar-refractivity contribution in [2.75, 3.05) is 6.61 Å². The van der Waals surface area contributed by atoms with Gasteiger partial charge in [-0.2, -0.15) is 0 Å². The molecule has 9 heavy (non-hydrogen) atoms. The van der Waals surface area contributed by atoms with Crippen molar-refractivity contribution >= 4 is 0 Å². The lowest BCUT2D eigenvalue weighted by Crippen LogP contribution is -2.44. The van der Waals surface area contributed by atoms with Crippen molar-refractivity contribution in [3.8, 4) is 0 Å². The summed E-state index contributed by atoms with van der Waals surface area (Å²) in [5.74, 6) is 0. The summed E-state index contributed by atoms with van der Waals surface area (Å²) in [5, 5.41) is 0. The van der Waals surface area contributed by atoms with Gasteiger partial charge >= 0.3 is 0 Å². The Bertz CT molecular complexity index is 101. The number of hydrogen-bond donors (Lipinski definition) is 1. The summed E-state index contributed by atoms with van der Waals surface area (Å²) in [6.07, 6.45) is 2.35. The molecule has 2 atom stereocenters. The van der Waals surface area contributed by atoms with Gasteiger partial charge in [-0.25, -0.2) is 0 Å². The lowest BCUT2D eigenvalue weighted by Gasteiger charge is -2.33. The van der Waals surface area contributed by atoms with E-state index in [1.54, 1.807) is 0 Å².